The van der Waals surface area contributed by atoms with Gasteiger partial charge in [-0.25, -0.2) is 4.98 Å². The topological polar surface area (TPSA) is 73.2 Å². The van der Waals surface area contributed by atoms with Gasteiger partial charge in [0.25, 0.3) is 5.56 Å². The fourth-order valence-electron chi connectivity index (χ4n) is 2.94. The van der Waals surface area contributed by atoms with Crippen molar-refractivity contribution in [3.05, 3.63) is 44.0 Å². The number of aryl methyl sites for hydroxylation is 2. The Morgan fingerprint density at radius 3 is 2.76 bits per heavy atom. The van der Waals surface area contributed by atoms with Crippen molar-refractivity contribution < 1.29 is 9.53 Å². The van der Waals surface area contributed by atoms with Gasteiger partial charge in [0.2, 0.25) is 5.91 Å². The van der Waals surface area contributed by atoms with E-state index in [0.29, 0.717) is 31.8 Å². The highest BCUT2D eigenvalue weighted by Crippen LogP contribution is 2.30. The summed E-state index contributed by atoms with van der Waals surface area (Å²) >= 11 is 8.75. The third kappa shape index (κ3) is 4.44. The number of carbonyl (C=O) groups is 1. The molecule has 0 bridgehead atoms. The molecule has 1 amide bonds. The van der Waals surface area contributed by atoms with Crippen LogP contribution in [0.15, 0.2) is 28.2 Å². The first-order valence-corrected chi connectivity index (χ1v) is 11.2. The number of halogens is 1. The van der Waals surface area contributed by atoms with Crippen LogP contribution in [-0.4, -0.2) is 28.3 Å². The number of aromatic nitrogens is 2. The summed E-state index contributed by atoms with van der Waals surface area (Å²) in [7, 11) is 1.53. The van der Waals surface area contributed by atoms with Crippen molar-refractivity contribution in [3.63, 3.8) is 0 Å². The quantitative estimate of drug-likeness (QED) is 0.419. The van der Waals surface area contributed by atoms with Crippen LogP contribution in [0, 0.1) is 13.8 Å². The average Bonchev–Trinajstić information content (AvgIpc) is 2.94. The van der Waals surface area contributed by atoms with Crippen molar-refractivity contribution in [3.8, 4) is 5.75 Å². The number of thiophene rings is 1. The van der Waals surface area contributed by atoms with E-state index in [1.54, 1.807) is 22.8 Å². The zero-order valence-electron chi connectivity index (χ0n) is 16.8. The van der Waals surface area contributed by atoms with E-state index in [-0.39, 0.29) is 23.3 Å². The van der Waals surface area contributed by atoms with Crippen LogP contribution in [0.3, 0.4) is 0 Å². The Morgan fingerprint density at radius 2 is 2.10 bits per heavy atom. The number of anilines is 1. The Bertz CT molecular complexity index is 1140. The van der Waals surface area contributed by atoms with E-state index in [9.17, 15) is 9.59 Å². The van der Waals surface area contributed by atoms with E-state index >= 15 is 0 Å². The summed E-state index contributed by atoms with van der Waals surface area (Å²) in [5.74, 6) is 0.388. The monoisotopic (exact) mass is 451 g/mol. The number of hydrogen-bond donors (Lipinski definition) is 1. The number of nitrogens with zero attached hydrogens (tertiary/aromatic N) is 2. The van der Waals surface area contributed by atoms with Gasteiger partial charge in [-0.1, -0.05) is 23.4 Å². The second kappa shape index (κ2) is 8.77. The Kier molecular flexibility index (Phi) is 6.55. The van der Waals surface area contributed by atoms with E-state index in [2.05, 4.69) is 10.3 Å². The molecule has 0 saturated carbocycles. The maximum absolute atomic E-state index is 13.1. The van der Waals surface area contributed by atoms with Crippen LogP contribution in [0.1, 0.15) is 30.3 Å². The lowest BCUT2D eigenvalue weighted by molar-refractivity contribution is -0.113. The molecule has 1 aromatic carbocycles. The van der Waals surface area contributed by atoms with Crippen LogP contribution in [0.5, 0.6) is 5.75 Å². The average molecular weight is 452 g/mol. The minimum absolute atomic E-state index is 0.0636. The lowest BCUT2D eigenvalue weighted by Gasteiger charge is -2.15. The molecule has 0 fully saturated rings. The van der Waals surface area contributed by atoms with Crippen LogP contribution in [0.4, 0.5) is 5.69 Å². The minimum atomic E-state index is -0.237. The Balaban J connectivity index is 1.87. The number of fused-ring (bicyclic) bond motifs is 1. The maximum atomic E-state index is 13.1. The van der Waals surface area contributed by atoms with Crippen LogP contribution in [0.25, 0.3) is 10.2 Å². The molecule has 0 aliphatic heterocycles. The SMILES string of the molecule is COc1ccc(Cl)cc1NC(=O)CSc1nc2sc(C)c(C)c2c(=O)n1C(C)C. The third-order valence-electron chi connectivity index (χ3n) is 4.49. The van der Waals surface area contributed by atoms with Crippen LogP contribution in [0.2, 0.25) is 5.02 Å². The normalized spacial score (nSPS) is 11.3. The Labute approximate surface area is 182 Å². The molecule has 2 heterocycles. The highest BCUT2D eigenvalue weighted by Gasteiger charge is 2.19. The molecule has 0 aliphatic rings. The van der Waals surface area contributed by atoms with Gasteiger partial charge in [0.15, 0.2) is 5.16 Å². The molecule has 3 rings (SSSR count). The fraction of sp³-hybridized carbons (Fsp3) is 0.350. The molecule has 29 heavy (non-hydrogen) atoms. The first kappa shape index (κ1) is 21.7. The Hall–Kier alpha value is -2.03. The number of thioether (sulfide) groups is 1. The van der Waals surface area contributed by atoms with Crippen LogP contribution >= 0.6 is 34.7 Å². The van der Waals surface area contributed by atoms with Crippen LogP contribution < -0.4 is 15.6 Å². The second-order valence-corrected chi connectivity index (χ2v) is 9.39. The molecule has 0 radical (unpaired) electrons. The lowest BCUT2D eigenvalue weighted by Crippen LogP contribution is -2.25. The highest BCUT2D eigenvalue weighted by molar-refractivity contribution is 7.99. The van der Waals surface area contributed by atoms with Crippen molar-refractivity contribution in [1.82, 2.24) is 9.55 Å². The van der Waals surface area contributed by atoms with Crippen molar-refractivity contribution in [2.24, 2.45) is 0 Å². The number of benzene rings is 1. The third-order valence-corrected chi connectivity index (χ3v) is 6.78. The Morgan fingerprint density at radius 1 is 1.38 bits per heavy atom. The second-order valence-electron chi connectivity index (χ2n) is 6.81. The standard InChI is InChI=1S/C20H22ClN3O3S2/c1-10(2)24-19(26)17-11(3)12(4)29-18(17)23-20(24)28-9-16(25)22-14-8-13(21)6-7-15(14)27-5/h6-8,10H,9H2,1-5H3,(H,22,25). The van der Waals surface area contributed by atoms with Gasteiger partial charge in [-0.2, -0.15) is 0 Å². The number of ether oxygens (including phenoxy) is 1. The van der Waals surface area contributed by atoms with Crippen LogP contribution in [-0.2, 0) is 4.79 Å². The largest absolute Gasteiger partial charge is 0.495 e. The molecule has 0 atom stereocenters. The molecule has 0 saturated heterocycles. The van der Waals surface area contributed by atoms with Crippen molar-refractivity contribution in [2.45, 2.75) is 38.9 Å². The van der Waals surface area contributed by atoms with Gasteiger partial charge in [-0.05, 0) is 51.5 Å². The summed E-state index contributed by atoms with van der Waals surface area (Å²) in [5.41, 5.74) is 1.41. The van der Waals surface area contributed by atoms with Gasteiger partial charge < -0.3 is 10.1 Å². The van der Waals surface area contributed by atoms with Crippen molar-refractivity contribution in [2.75, 3.05) is 18.2 Å². The lowest BCUT2D eigenvalue weighted by atomic mass is 10.2. The van der Waals surface area contributed by atoms with Gasteiger partial charge in [0, 0.05) is 15.9 Å². The number of hydrogen-bond acceptors (Lipinski definition) is 6. The number of methoxy groups -OCH3 is 1. The van der Waals surface area contributed by atoms with E-state index in [4.69, 9.17) is 16.3 Å². The summed E-state index contributed by atoms with van der Waals surface area (Å²) in [5, 5.41) is 4.50. The molecular formula is C20H22ClN3O3S2. The van der Waals surface area contributed by atoms with E-state index in [1.807, 2.05) is 27.7 Å². The van der Waals surface area contributed by atoms with Crippen molar-refractivity contribution >= 4 is 56.5 Å². The number of rotatable bonds is 6. The summed E-state index contributed by atoms with van der Waals surface area (Å²) in [4.78, 5) is 32.0. The van der Waals surface area contributed by atoms with Gasteiger partial charge >= 0.3 is 0 Å². The highest BCUT2D eigenvalue weighted by atomic mass is 35.5. The summed E-state index contributed by atoms with van der Waals surface area (Å²) in [6, 6.07) is 4.95. The predicted octanol–water partition coefficient (Wildman–Crippen LogP) is 5.05. The van der Waals surface area contributed by atoms with Gasteiger partial charge in [-0.3, -0.25) is 14.2 Å². The number of nitrogens with one attached hydrogen (secondary N) is 1. The van der Waals surface area contributed by atoms with Gasteiger partial charge in [-0.15, -0.1) is 11.3 Å². The molecule has 9 heteroatoms. The summed E-state index contributed by atoms with van der Waals surface area (Å²) in [6.07, 6.45) is 0. The fourth-order valence-corrected chi connectivity index (χ4v) is 5.11. The zero-order valence-corrected chi connectivity index (χ0v) is 19.2. The first-order chi connectivity index (χ1) is 13.7. The van der Waals surface area contributed by atoms with Crippen molar-refractivity contribution in [1.29, 1.82) is 0 Å². The minimum Gasteiger partial charge on any atom is -0.495 e. The molecule has 2 aromatic heterocycles. The molecule has 154 valence electrons. The molecule has 0 aliphatic carbocycles. The number of amides is 1. The van der Waals surface area contributed by atoms with Gasteiger partial charge in [0.1, 0.15) is 10.6 Å². The zero-order chi connectivity index (χ0) is 21.3. The summed E-state index contributed by atoms with van der Waals surface area (Å²) in [6.45, 7) is 7.80. The number of carbonyl (C=O) groups excluding carboxylic acids is 1. The molecule has 0 spiro atoms. The molecule has 0 unspecified atom stereocenters. The molecule has 1 N–H and O–H groups in total. The first-order valence-electron chi connectivity index (χ1n) is 9.01. The maximum Gasteiger partial charge on any atom is 0.263 e. The predicted molar refractivity (Wildman–Crippen MR) is 121 cm³/mol. The van der Waals surface area contributed by atoms with E-state index in [0.717, 1.165) is 10.4 Å². The summed E-state index contributed by atoms with van der Waals surface area (Å²) < 4.78 is 6.91. The molecule has 3 aromatic rings. The molecular weight excluding hydrogens is 430 g/mol. The van der Waals surface area contributed by atoms with Gasteiger partial charge in [0.05, 0.1) is 23.9 Å². The van der Waals surface area contributed by atoms with E-state index in [1.165, 1.54) is 30.2 Å². The van der Waals surface area contributed by atoms with E-state index < -0.39 is 0 Å². The molecule has 6 nitrogen and oxygen atoms in total. The smallest absolute Gasteiger partial charge is 0.263 e.